The van der Waals surface area contributed by atoms with E-state index in [9.17, 15) is 4.79 Å². The van der Waals surface area contributed by atoms with Crippen LogP contribution >= 0.6 is 11.6 Å². The Morgan fingerprint density at radius 3 is 2.75 bits per heavy atom. The van der Waals surface area contributed by atoms with E-state index in [-0.39, 0.29) is 11.8 Å². The molecular weight excluding hydrogens is 276 g/mol. The van der Waals surface area contributed by atoms with Crippen LogP contribution in [-0.4, -0.2) is 46.8 Å². The van der Waals surface area contributed by atoms with Gasteiger partial charge in [0.2, 0.25) is 5.91 Å². The molecule has 3 heterocycles. The van der Waals surface area contributed by atoms with Gasteiger partial charge in [-0.1, -0.05) is 0 Å². The van der Waals surface area contributed by atoms with Crippen LogP contribution in [-0.2, 0) is 4.79 Å². The number of halogens is 1. The first-order chi connectivity index (χ1) is 9.72. The lowest BCUT2D eigenvalue weighted by molar-refractivity contribution is -0.129. The molecule has 2 aliphatic heterocycles. The van der Waals surface area contributed by atoms with Crippen molar-refractivity contribution in [2.45, 2.75) is 24.9 Å². The molecule has 1 unspecified atom stereocenters. The summed E-state index contributed by atoms with van der Waals surface area (Å²) in [6, 6.07) is 6.46. The molecule has 1 aromatic heterocycles. The summed E-state index contributed by atoms with van der Waals surface area (Å²) in [5.41, 5.74) is 1.46. The van der Waals surface area contributed by atoms with Gasteiger partial charge in [-0.15, -0.1) is 11.6 Å². The summed E-state index contributed by atoms with van der Waals surface area (Å²) in [6.45, 7) is 1.43. The topological polar surface area (TPSA) is 60.2 Å². The van der Waals surface area contributed by atoms with Crippen LogP contribution in [0.2, 0.25) is 0 Å². The van der Waals surface area contributed by atoms with Gasteiger partial charge in [0, 0.05) is 37.1 Å². The predicted molar refractivity (Wildman–Crippen MR) is 75.5 cm³/mol. The standard InChI is InChI=1S/C14H15ClN4O/c15-6-14(20)18-8-12-1-2-13(9-18)19(12)11-3-4-17-10(5-11)7-16/h3-5,12-13H,1-2,6,8-9H2/t12-,13?/m0/s1. The van der Waals surface area contributed by atoms with Gasteiger partial charge in [0.1, 0.15) is 17.6 Å². The summed E-state index contributed by atoms with van der Waals surface area (Å²) in [5, 5.41) is 8.96. The minimum absolute atomic E-state index is 0.00987. The number of hydrogen-bond donors (Lipinski definition) is 0. The first-order valence-corrected chi connectivity index (χ1v) is 7.24. The van der Waals surface area contributed by atoms with Crippen molar-refractivity contribution in [1.29, 1.82) is 5.26 Å². The molecule has 5 nitrogen and oxygen atoms in total. The third-order valence-electron chi connectivity index (χ3n) is 4.11. The lowest BCUT2D eigenvalue weighted by Crippen LogP contribution is -2.55. The summed E-state index contributed by atoms with van der Waals surface area (Å²) < 4.78 is 0. The molecule has 2 atom stereocenters. The van der Waals surface area contributed by atoms with Gasteiger partial charge in [0.15, 0.2) is 0 Å². The van der Waals surface area contributed by atoms with Crippen LogP contribution in [0.15, 0.2) is 18.3 Å². The molecule has 2 saturated heterocycles. The molecule has 2 bridgehead atoms. The van der Waals surface area contributed by atoms with Gasteiger partial charge in [-0.05, 0) is 25.0 Å². The fourth-order valence-electron chi connectivity index (χ4n) is 3.25. The Bertz CT molecular complexity index is 557. The number of carbonyl (C=O) groups excluding carboxylic acids is 1. The Morgan fingerprint density at radius 2 is 2.15 bits per heavy atom. The molecule has 6 heteroatoms. The molecule has 0 N–H and O–H groups in total. The lowest BCUT2D eigenvalue weighted by atomic mass is 10.1. The fourth-order valence-corrected chi connectivity index (χ4v) is 3.42. The van der Waals surface area contributed by atoms with Gasteiger partial charge < -0.3 is 9.80 Å². The zero-order valence-corrected chi connectivity index (χ0v) is 11.8. The Balaban J connectivity index is 1.83. The third kappa shape index (κ3) is 2.20. The molecule has 1 amide bonds. The normalized spacial score (nSPS) is 24.6. The summed E-state index contributed by atoms with van der Waals surface area (Å²) in [5.74, 6) is 0.0588. The second-order valence-electron chi connectivity index (χ2n) is 5.24. The van der Waals surface area contributed by atoms with E-state index in [0.717, 1.165) is 18.5 Å². The maximum atomic E-state index is 11.8. The number of hydrogen-bond acceptors (Lipinski definition) is 4. The van der Waals surface area contributed by atoms with E-state index in [0.29, 0.717) is 30.9 Å². The first-order valence-electron chi connectivity index (χ1n) is 6.71. The molecular formula is C14H15ClN4O. The summed E-state index contributed by atoms with van der Waals surface area (Å²) in [7, 11) is 0. The van der Waals surface area contributed by atoms with Gasteiger partial charge in [-0.25, -0.2) is 4.98 Å². The Labute approximate surface area is 122 Å². The molecule has 2 aliphatic rings. The Kier molecular flexibility index (Phi) is 3.49. The maximum absolute atomic E-state index is 11.8. The van der Waals surface area contributed by atoms with Crippen LogP contribution in [0.3, 0.4) is 0 Å². The van der Waals surface area contributed by atoms with Crippen LogP contribution in [0.1, 0.15) is 18.5 Å². The molecule has 0 radical (unpaired) electrons. The van der Waals surface area contributed by atoms with Crippen molar-refractivity contribution in [1.82, 2.24) is 9.88 Å². The summed E-state index contributed by atoms with van der Waals surface area (Å²) >= 11 is 5.65. The molecule has 3 rings (SSSR count). The van der Waals surface area contributed by atoms with E-state index in [1.54, 1.807) is 6.20 Å². The van der Waals surface area contributed by atoms with Crippen molar-refractivity contribution in [3.63, 3.8) is 0 Å². The average molecular weight is 291 g/mol. The SMILES string of the molecule is N#Cc1cc(N2C3CC[C@H]2CN(C(=O)CCl)C3)ccn1. The molecule has 2 fully saturated rings. The number of nitriles is 1. The lowest BCUT2D eigenvalue weighted by Gasteiger charge is -2.42. The van der Waals surface area contributed by atoms with Gasteiger partial charge in [0.25, 0.3) is 0 Å². The largest absolute Gasteiger partial charge is 0.362 e. The second-order valence-corrected chi connectivity index (χ2v) is 5.50. The van der Waals surface area contributed by atoms with Crippen LogP contribution in [0.25, 0.3) is 0 Å². The number of fused-ring (bicyclic) bond motifs is 2. The number of aromatic nitrogens is 1. The highest BCUT2D eigenvalue weighted by Gasteiger charge is 2.41. The van der Waals surface area contributed by atoms with Gasteiger partial charge in [0.05, 0.1) is 0 Å². The number of carbonyl (C=O) groups is 1. The first kappa shape index (κ1) is 13.2. The van der Waals surface area contributed by atoms with Crippen molar-refractivity contribution < 1.29 is 4.79 Å². The van der Waals surface area contributed by atoms with E-state index in [4.69, 9.17) is 16.9 Å². The smallest absolute Gasteiger partial charge is 0.237 e. The van der Waals surface area contributed by atoms with Gasteiger partial charge in [-0.3, -0.25) is 4.79 Å². The van der Waals surface area contributed by atoms with Crippen LogP contribution < -0.4 is 4.90 Å². The molecule has 0 saturated carbocycles. The van der Waals surface area contributed by atoms with Crippen molar-refractivity contribution >= 4 is 23.2 Å². The summed E-state index contributed by atoms with van der Waals surface area (Å²) in [4.78, 5) is 20.0. The van der Waals surface area contributed by atoms with E-state index < -0.39 is 0 Å². The summed E-state index contributed by atoms with van der Waals surface area (Å²) in [6.07, 6.45) is 3.81. The number of anilines is 1. The highest BCUT2D eigenvalue weighted by Crippen LogP contribution is 2.34. The van der Waals surface area contributed by atoms with Crippen LogP contribution in [0.5, 0.6) is 0 Å². The number of likely N-dealkylation sites (tertiary alicyclic amines) is 1. The van der Waals surface area contributed by atoms with Gasteiger partial charge >= 0.3 is 0 Å². The molecule has 104 valence electrons. The van der Waals surface area contributed by atoms with Crippen molar-refractivity contribution in [3.05, 3.63) is 24.0 Å². The minimum atomic E-state index is 0.00987. The minimum Gasteiger partial charge on any atom is -0.362 e. The number of alkyl halides is 1. The fraction of sp³-hybridized carbons (Fsp3) is 0.500. The molecule has 0 spiro atoms. The van der Waals surface area contributed by atoms with Crippen molar-refractivity contribution in [2.75, 3.05) is 23.9 Å². The number of nitrogens with zero attached hydrogens (tertiary/aromatic N) is 4. The quantitative estimate of drug-likeness (QED) is 0.772. The zero-order chi connectivity index (χ0) is 14.1. The number of amides is 1. The average Bonchev–Trinajstić information content (AvgIpc) is 2.76. The molecule has 20 heavy (non-hydrogen) atoms. The van der Waals surface area contributed by atoms with E-state index >= 15 is 0 Å². The zero-order valence-electron chi connectivity index (χ0n) is 11.0. The van der Waals surface area contributed by atoms with E-state index in [2.05, 4.69) is 16.0 Å². The predicted octanol–water partition coefficient (Wildman–Crippen LogP) is 1.37. The monoisotopic (exact) mass is 290 g/mol. The number of piperazine rings is 1. The molecule has 0 aliphatic carbocycles. The number of pyridine rings is 1. The highest BCUT2D eigenvalue weighted by atomic mass is 35.5. The molecule has 1 aromatic rings. The Morgan fingerprint density at radius 1 is 1.45 bits per heavy atom. The van der Waals surface area contributed by atoms with E-state index in [1.807, 2.05) is 17.0 Å². The number of rotatable bonds is 2. The van der Waals surface area contributed by atoms with Crippen LogP contribution in [0.4, 0.5) is 5.69 Å². The highest BCUT2D eigenvalue weighted by molar-refractivity contribution is 6.27. The van der Waals surface area contributed by atoms with E-state index in [1.165, 1.54) is 0 Å². The Hall–Kier alpha value is -1.80. The second kappa shape index (κ2) is 5.29. The molecule has 0 aromatic carbocycles. The van der Waals surface area contributed by atoms with Crippen molar-refractivity contribution in [2.24, 2.45) is 0 Å². The van der Waals surface area contributed by atoms with Crippen LogP contribution in [0, 0.1) is 11.3 Å². The third-order valence-corrected chi connectivity index (χ3v) is 4.33. The van der Waals surface area contributed by atoms with Crippen molar-refractivity contribution in [3.8, 4) is 6.07 Å². The van der Waals surface area contributed by atoms with Gasteiger partial charge in [-0.2, -0.15) is 5.26 Å². The maximum Gasteiger partial charge on any atom is 0.237 e.